The van der Waals surface area contributed by atoms with Crippen molar-refractivity contribution in [2.75, 3.05) is 5.32 Å². The smallest absolute Gasteiger partial charge is 0.269 e. The number of anilines is 1. The van der Waals surface area contributed by atoms with Crippen LogP contribution in [-0.2, 0) is 6.54 Å². The second-order valence-corrected chi connectivity index (χ2v) is 4.24. The second kappa shape index (κ2) is 5.48. The van der Waals surface area contributed by atoms with E-state index in [1.54, 1.807) is 31.2 Å². The average Bonchev–Trinajstić information content (AvgIpc) is 2.40. The van der Waals surface area contributed by atoms with Crippen molar-refractivity contribution in [2.45, 2.75) is 13.5 Å². The van der Waals surface area contributed by atoms with Gasteiger partial charge in [0, 0.05) is 24.4 Å². The molecule has 0 saturated carbocycles. The summed E-state index contributed by atoms with van der Waals surface area (Å²) in [5.74, 6) is -0.249. The lowest BCUT2D eigenvalue weighted by atomic mass is 10.2. The fourth-order valence-electron chi connectivity index (χ4n) is 1.74. The molecule has 0 amide bonds. The van der Waals surface area contributed by atoms with Crippen molar-refractivity contribution in [3.05, 3.63) is 69.5 Å². The fourth-order valence-corrected chi connectivity index (χ4v) is 1.74. The summed E-state index contributed by atoms with van der Waals surface area (Å²) in [5.41, 5.74) is 2.21. The summed E-state index contributed by atoms with van der Waals surface area (Å²) < 4.78 is 13.1. The number of hydrogen-bond donors (Lipinski definition) is 1. The minimum atomic E-state index is -0.425. The first-order valence-electron chi connectivity index (χ1n) is 5.79. The summed E-state index contributed by atoms with van der Waals surface area (Å²) in [5, 5.41) is 13.8. The molecule has 0 aliphatic rings. The number of nitro groups is 1. The van der Waals surface area contributed by atoms with Gasteiger partial charge in [0.25, 0.3) is 5.69 Å². The van der Waals surface area contributed by atoms with Crippen molar-refractivity contribution in [2.24, 2.45) is 0 Å². The van der Waals surface area contributed by atoms with Gasteiger partial charge >= 0.3 is 0 Å². The third-order valence-electron chi connectivity index (χ3n) is 2.78. The summed E-state index contributed by atoms with van der Waals surface area (Å²) in [6, 6.07) is 11.1. The van der Waals surface area contributed by atoms with Crippen LogP contribution in [0.5, 0.6) is 0 Å². The molecule has 0 bridgehead atoms. The van der Waals surface area contributed by atoms with Gasteiger partial charge in [-0.25, -0.2) is 4.39 Å². The van der Waals surface area contributed by atoms with Crippen LogP contribution in [0.4, 0.5) is 15.8 Å². The Balaban J connectivity index is 2.07. The van der Waals surface area contributed by atoms with E-state index < -0.39 is 4.92 Å². The van der Waals surface area contributed by atoms with Crippen molar-refractivity contribution >= 4 is 11.4 Å². The zero-order chi connectivity index (χ0) is 13.8. The van der Waals surface area contributed by atoms with Crippen LogP contribution < -0.4 is 5.32 Å². The number of halogens is 1. The molecule has 5 heteroatoms. The van der Waals surface area contributed by atoms with Gasteiger partial charge < -0.3 is 5.32 Å². The van der Waals surface area contributed by atoms with Gasteiger partial charge in [0.05, 0.1) is 4.92 Å². The van der Waals surface area contributed by atoms with E-state index in [9.17, 15) is 14.5 Å². The van der Waals surface area contributed by atoms with Gasteiger partial charge in [0.1, 0.15) is 5.82 Å². The Bertz CT molecular complexity index is 614. The monoisotopic (exact) mass is 260 g/mol. The van der Waals surface area contributed by atoms with Crippen LogP contribution in [0.25, 0.3) is 0 Å². The highest BCUT2D eigenvalue weighted by molar-refractivity contribution is 5.47. The molecule has 0 radical (unpaired) electrons. The van der Waals surface area contributed by atoms with Crippen LogP contribution in [0.2, 0.25) is 0 Å². The molecule has 0 unspecified atom stereocenters. The van der Waals surface area contributed by atoms with E-state index >= 15 is 0 Å². The summed E-state index contributed by atoms with van der Waals surface area (Å²) in [6.07, 6.45) is 0. The van der Waals surface area contributed by atoms with Gasteiger partial charge in [-0.2, -0.15) is 0 Å². The average molecular weight is 260 g/mol. The molecule has 1 N–H and O–H groups in total. The molecular weight excluding hydrogens is 247 g/mol. The second-order valence-electron chi connectivity index (χ2n) is 4.24. The minimum Gasteiger partial charge on any atom is -0.381 e. The van der Waals surface area contributed by atoms with Crippen LogP contribution in [0.3, 0.4) is 0 Å². The molecule has 2 aromatic rings. The Hall–Kier alpha value is -2.43. The predicted octanol–water partition coefficient (Wildman–Crippen LogP) is 3.65. The topological polar surface area (TPSA) is 55.2 Å². The van der Waals surface area contributed by atoms with E-state index in [0.717, 1.165) is 11.3 Å². The first kappa shape index (κ1) is 13.0. The van der Waals surface area contributed by atoms with Crippen LogP contribution in [-0.4, -0.2) is 4.92 Å². The summed E-state index contributed by atoms with van der Waals surface area (Å²) in [6.45, 7) is 2.14. The highest BCUT2D eigenvalue weighted by atomic mass is 19.1. The number of nitrogens with one attached hydrogen (secondary N) is 1. The summed E-state index contributed by atoms with van der Waals surface area (Å²) in [7, 11) is 0. The third-order valence-corrected chi connectivity index (χ3v) is 2.78. The fraction of sp³-hybridized carbons (Fsp3) is 0.143. The van der Waals surface area contributed by atoms with Gasteiger partial charge in [0.15, 0.2) is 0 Å². The summed E-state index contributed by atoms with van der Waals surface area (Å²) in [4.78, 5) is 10.2. The van der Waals surface area contributed by atoms with Gasteiger partial charge in [0.2, 0.25) is 0 Å². The highest BCUT2D eigenvalue weighted by Crippen LogP contribution is 2.17. The maximum absolute atomic E-state index is 13.1. The number of hydrogen-bond acceptors (Lipinski definition) is 3. The van der Waals surface area contributed by atoms with Gasteiger partial charge in [-0.1, -0.05) is 12.1 Å². The number of benzene rings is 2. The van der Waals surface area contributed by atoms with E-state index in [4.69, 9.17) is 0 Å². The summed E-state index contributed by atoms with van der Waals surface area (Å²) >= 11 is 0. The van der Waals surface area contributed by atoms with Crippen molar-refractivity contribution < 1.29 is 9.31 Å². The molecule has 2 rings (SSSR count). The van der Waals surface area contributed by atoms with Crippen LogP contribution >= 0.6 is 0 Å². The Morgan fingerprint density at radius 2 is 2.05 bits per heavy atom. The molecule has 0 heterocycles. The standard InChI is InChI=1S/C14H13FN2O2/c1-10-7-12(5-6-14(10)15)16-9-11-3-2-4-13(8-11)17(18)19/h2-8,16H,9H2,1H3. The van der Waals surface area contributed by atoms with Gasteiger partial charge in [-0.3, -0.25) is 10.1 Å². The third kappa shape index (κ3) is 3.28. The number of non-ortho nitro benzene ring substituents is 1. The van der Waals surface area contributed by atoms with Gasteiger partial charge in [-0.15, -0.1) is 0 Å². The zero-order valence-corrected chi connectivity index (χ0v) is 10.4. The van der Waals surface area contributed by atoms with E-state index in [-0.39, 0.29) is 11.5 Å². The first-order chi connectivity index (χ1) is 9.06. The number of nitro benzene ring substituents is 1. The molecule has 0 fully saturated rings. The van der Waals surface area contributed by atoms with Crippen molar-refractivity contribution in [3.63, 3.8) is 0 Å². The maximum Gasteiger partial charge on any atom is 0.269 e. The Labute approximate surface area is 110 Å². The maximum atomic E-state index is 13.1. The lowest BCUT2D eigenvalue weighted by molar-refractivity contribution is -0.384. The molecule has 2 aromatic carbocycles. The van der Waals surface area contributed by atoms with Crippen LogP contribution in [0.1, 0.15) is 11.1 Å². The molecule has 0 saturated heterocycles. The van der Waals surface area contributed by atoms with Gasteiger partial charge in [-0.05, 0) is 36.2 Å². The molecule has 4 nitrogen and oxygen atoms in total. The molecule has 0 aromatic heterocycles. The number of rotatable bonds is 4. The minimum absolute atomic E-state index is 0.0644. The molecule has 98 valence electrons. The van der Waals surface area contributed by atoms with E-state index in [0.29, 0.717) is 12.1 Å². The molecule has 0 aliphatic heterocycles. The molecule has 0 spiro atoms. The number of nitrogens with zero attached hydrogens (tertiary/aromatic N) is 1. The van der Waals surface area contributed by atoms with Crippen molar-refractivity contribution in [1.29, 1.82) is 0 Å². The predicted molar refractivity (Wildman–Crippen MR) is 71.6 cm³/mol. The van der Waals surface area contributed by atoms with Crippen LogP contribution in [0, 0.1) is 22.9 Å². The Kier molecular flexibility index (Phi) is 3.75. The van der Waals surface area contributed by atoms with Crippen LogP contribution in [0.15, 0.2) is 42.5 Å². The van der Waals surface area contributed by atoms with E-state index in [1.165, 1.54) is 18.2 Å². The molecule has 0 atom stereocenters. The first-order valence-corrected chi connectivity index (χ1v) is 5.79. The normalized spacial score (nSPS) is 10.2. The van der Waals surface area contributed by atoms with Crippen molar-refractivity contribution in [1.82, 2.24) is 0 Å². The Morgan fingerprint density at radius 1 is 1.26 bits per heavy atom. The zero-order valence-electron chi connectivity index (χ0n) is 10.4. The van der Waals surface area contributed by atoms with E-state index in [1.807, 2.05) is 0 Å². The number of aryl methyl sites for hydroxylation is 1. The molecule has 19 heavy (non-hydrogen) atoms. The van der Waals surface area contributed by atoms with Crippen molar-refractivity contribution in [3.8, 4) is 0 Å². The molecule has 0 aliphatic carbocycles. The molecular formula is C14H13FN2O2. The SMILES string of the molecule is Cc1cc(NCc2cccc([N+](=O)[O-])c2)ccc1F. The lowest BCUT2D eigenvalue weighted by Gasteiger charge is -2.07. The largest absolute Gasteiger partial charge is 0.381 e. The van der Waals surface area contributed by atoms with E-state index in [2.05, 4.69) is 5.32 Å². The quantitative estimate of drug-likeness (QED) is 0.674. The highest BCUT2D eigenvalue weighted by Gasteiger charge is 2.05. The Morgan fingerprint density at radius 3 is 2.74 bits per heavy atom. The lowest BCUT2D eigenvalue weighted by Crippen LogP contribution is -2.00.